The minimum atomic E-state index is -4.88. The molecule has 0 saturated carbocycles. The molecule has 0 radical (unpaired) electrons. The summed E-state index contributed by atoms with van der Waals surface area (Å²) in [6.07, 6.45) is 0.262. The number of imidazole rings is 1. The molecule has 6 heterocycles. The number of halogens is 3. The van der Waals surface area contributed by atoms with E-state index in [0.717, 1.165) is 5.69 Å². The minimum Gasteiger partial charge on any atom is -0.411 e. The number of carbonyl (C=O) groups excluding carboxylic acids is 1. The van der Waals surface area contributed by atoms with Crippen LogP contribution in [0.5, 0.6) is 5.75 Å². The highest BCUT2D eigenvalue weighted by molar-refractivity contribution is 5.90. The quantitative estimate of drug-likeness (QED) is 0.399. The molecule has 1 aliphatic heterocycles. The van der Waals surface area contributed by atoms with Crippen molar-refractivity contribution < 1.29 is 27.1 Å². The summed E-state index contributed by atoms with van der Waals surface area (Å²) in [7, 11) is 1.73. The Hall–Kier alpha value is -4.69. The van der Waals surface area contributed by atoms with Crippen LogP contribution in [0.25, 0.3) is 17.1 Å². The molecule has 184 valence electrons. The topological polar surface area (TPSA) is 132 Å². The van der Waals surface area contributed by atoms with Gasteiger partial charge in [-0.1, -0.05) is 0 Å². The van der Waals surface area contributed by atoms with Crippen LogP contribution in [-0.2, 0) is 13.5 Å². The van der Waals surface area contributed by atoms with E-state index >= 15 is 0 Å². The Bertz CT molecular complexity index is 1580. The molecule has 0 saturated heterocycles. The molecule has 0 fully saturated rings. The van der Waals surface area contributed by atoms with Crippen molar-refractivity contribution in [3.63, 3.8) is 0 Å². The second-order valence-electron chi connectivity index (χ2n) is 8.02. The summed E-state index contributed by atoms with van der Waals surface area (Å²) in [6, 6.07) is 4.85. The molecule has 6 rings (SSSR count). The van der Waals surface area contributed by atoms with E-state index in [1.54, 1.807) is 24.0 Å². The molecular formula is C21H16F3N9O3. The van der Waals surface area contributed by atoms with Gasteiger partial charge in [0.15, 0.2) is 5.75 Å². The Morgan fingerprint density at radius 3 is 2.86 bits per heavy atom. The first-order valence-corrected chi connectivity index (χ1v) is 10.7. The maximum absolute atomic E-state index is 13.5. The molecule has 1 aliphatic rings. The number of ether oxygens (including phenoxy) is 1. The molecule has 1 N–H and O–H groups in total. The van der Waals surface area contributed by atoms with Crippen LogP contribution in [0, 0.1) is 0 Å². The molecule has 36 heavy (non-hydrogen) atoms. The number of hydrogen-bond donors (Lipinski definition) is 1. The van der Waals surface area contributed by atoms with Crippen molar-refractivity contribution in [3.05, 3.63) is 66.0 Å². The van der Waals surface area contributed by atoms with Gasteiger partial charge in [0.05, 0.1) is 17.7 Å². The van der Waals surface area contributed by atoms with E-state index in [9.17, 15) is 18.0 Å². The number of rotatable bonds is 4. The predicted molar refractivity (Wildman–Crippen MR) is 114 cm³/mol. The summed E-state index contributed by atoms with van der Waals surface area (Å²) in [5.41, 5.74) is 2.08. The van der Waals surface area contributed by atoms with E-state index in [4.69, 9.17) is 4.42 Å². The zero-order chi connectivity index (χ0) is 25.0. The van der Waals surface area contributed by atoms with Gasteiger partial charge < -0.3 is 19.0 Å². The molecular weight excluding hydrogens is 483 g/mol. The Kier molecular flexibility index (Phi) is 4.80. The number of aryl methyl sites for hydroxylation is 1. The maximum atomic E-state index is 13.5. The van der Waals surface area contributed by atoms with Crippen LogP contribution < -0.4 is 4.74 Å². The highest BCUT2D eigenvalue weighted by atomic mass is 19.4. The Balaban J connectivity index is 1.40. The molecule has 15 heteroatoms. The fourth-order valence-corrected chi connectivity index (χ4v) is 4.21. The van der Waals surface area contributed by atoms with Gasteiger partial charge in [-0.25, -0.2) is 9.50 Å². The lowest BCUT2D eigenvalue weighted by Crippen LogP contribution is -2.41. The Morgan fingerprint density at radius 2 is 2.08 bits per heavy atom. The molecule has 1 amide bonds. The van der Waals surface area contributed by atoms with Crippen LogP contribution in [0.3, 0.4) is 0 Å². The molecule has 0 spiro atoms. The van der Waals surface area contributed by atoms with E-state index in [0.29, 0.717) is 23.5 Å². The number of pyridine rings is 1. The number of carbonyl (C=O) groups is 1. The summed E-state index contributed by atoms with van der Waals surface area (Å²) < 4.78 is 51.3. The first-order chi connectivity index (χ1) is 17.3. The lowest BCUT2D eigenvalue weighted by atomic mass is 9.99. The van der Waals surface area contributed by atoms with Gasteiger partial charge in [0, 0.05) is 38.1 Å². The van der Waals surface area contributed by atoms with Gasteiger partial charge in [0.1, 0.15) is 17.3 Å². The summed E-state index contributed by atoms with van der Waals surface area (Å²) in [4.78, 5) is 22.3. The highest BCUT2D eigenvalue weighted by Gasteiger charge is 2.39. The summed E-state index contributed by atoms with van der Waals surface area (Å²) in [5, 5.41) is 16.4. The zero-order valence-corrected chi connectivity index (χ0v) is 18.5. The normalized spacial score (nSPS) is 15.9. The number of fused-ring (bicyclic) bond motifs is 2. The summed E-state index contributed by atoms with van der Waals surface area (Å²) in [5.74, 6) is -1.18. The van der Waals surface area contributed by atoms with Gasteiger partial charge in [0.2, 0.25) is 0 Å². The van der Waals surface area contributed by atoms with Crippen LogP contribution in [0.4, 0.5) is 13.2 Å². The third-order valence-corrected chi connectivity index (χ3v) is 5.71. The lowest BCUT2D eigenvalue weighted by molar-refractivity contribution is -0.274. The first kappa shape index (κ1) is 21.8. The number of amides is 1. The summed E-state index contributed by atoms with van der Waals surface area (Å²) in [6.45, 7) is 0.250. The second kappa shape index (κ2) is 7.93. The average Bonchev–Trinajstić information content (AvgIpc) is 3.62. The third kappa shape index (κ3) is 3.73. The maximum Gasteiger partial charge on any atom is 0.573 e. The van der Waals surface area contributed by atoms with Crippen LogP contribution in [0.2, 0.25) is 0 Å². The molecule has 5 aromatic rings. The van der Waals surface area contributed by atoms with Gasteiger partial charge in [0.25, 0.3) is 5.89 Å². The van der Waals surface area contributed by atoms with Crippen LogP contribution in [-0.4, -0.2) is 63.3 Å². The van der Waals surface area contributed by atoms with E-state index in [2.05, 4.69) is 35.1 Å². The lowest BCUT2D eigenvalue weighted by Gasteiger charge is -2.32. The molecule has 12 nitrogen and oxygen atoms in total. The average molecular weight is 499 g/mol. The molecule has 0 aromatic carbocycles. The highest BCUT2D eigenvalue weighted by Crippen LogP contribution is 2.36. The van der Waals surface area contributed by atoms with Crippen molar-refractivity contribution >= 4 is 11.4 Å². The van der Waals surface area contributed by atoms with E-state index in [1.807, 2.05) is 0 Å². The number of H-pyrrole nitrogens is 1. The Morgan fingerprint density at radius 1 is 1.22 bits per heavy atom. The van der Waals surface area contributed by atoms with Crippen LogP contribution in [0.1, 0.15) is 33.8 Å². The fourth-order valence-electron chi connectivity index (χ4n) is 4.21. The predicted octanol–water partition coefficient (Wildman–Crippen LogP) is 2.53. The number of aromatic nitrogens is 8. The number of nitrogens with one attached hydrogen (secondary N) is 1. The van der Waals surface area contributed by atoms with E-state index in [-0.39, 0.29) is 23.8 Å². The summed E-state index contributed by atoms with van der Waals surface area (Å²) >= 11 is 0. The van der Waals surface area contributed by atoms with Gasteiger partial charge in [-0.15, -0.1) is 23.4 Å². The third-order valence-electron chi connectivity index (χ3n) is 5.71. The van der Waals surface area contributed by atoms with Crippen LogP contribution in [0.15, 0.2) is 47.4 Å². The molecule has 1 atom stereocenters. The standard InChI is InChI=1S/C21H16F3N9O3/c1-31-7-4-12(29-31)18-27-28-19(35-18)20(34)32-8-5-11-16(26-10-25-11)17(32)13-9-14-15(36-21(22,23)24)3-2-6-33(14)30-13/h2-4,6-7,9-10,17H,5,8H2,1H3,(H,25,26)/t17-/m0/s1. The van der Waals surface area contributed by atoms with E-state index in [1.165, 1.54) is 40.1 Å². The Labute approximate surface area is 199 Å². The number of aromatic amines is 1. The molecule has 5 aromatic heterocycles. The molecule has 0 aliphatic carbocycles. The van der Waals surface area contributed by atoms with Crippen molar-refractivity contribution in [1.29, 1.82) is 0 Å². The van der Waals surface area contributed by atoms with Crippen molar-refractivity contribution in [2.24, 2.45) is 7.05 Å². The van der Waals surface area contributed by atoms with Gasteiger partial charge in [-0.05, 0) is 24.3 Å². The number of alkyl halides is 3. The second-order valence-corrected chi connectivity index (χ2v) is 8.02. The molecule has 0 unspecified atom stereocenters. The number of hydrogen-bond acceptors (Lipinski definition) is 8. The van der Waals surface area contributed by atoms with E-state index < -0.39 is 24.1 Å². The van der Waals surface area contributed by atoms with Crippen LogP contribution >= 0.6 is 0 Å². The van der Waals surface area contributed by atoms with Gasteiger partial charge >= 0.3 is 18.2 Å². The fraction of sp³-hybridized carbons (Fsp3) is 0.238. The van der Waals surface area contributed by atoms with Crippen molar-refractivity contribution in [2.45, 2.75) is 18.8 Å². The van der Waals surface area contributed by atoms with Gasteiger partial charge in [-0.2, -0.15) is 10.2 Å². The van der Waals surface area contributed by atoms with Crippen molar-refractivity contribution in [1.82, 2.24) is 44.5 Å². The smallest absolute Gasteiger partial charge is 0.411 e. The number of nitrogens with zero attached hydrogens (tertiary/aromatic N) is 8. The minimum absolute atomic E-state index is 0.0784. The van der Waals surface area contributed by atoms with Gasteiger partial charge in [-0.3, -0.25) is 9.48 Å². The SMILES string of the molecule is Cn1ccc(-c2nnc(C(=O)N3CCc4[nH]cnc4[C@@H]3c3cc4c(OC(F)(F)F)cccn4n3)o2)n1. The first-order valence-electron chi connectivity index (χ1n) is 10.7. The van der Waals surface area contributed by atoms with Crippen molar-refractivity contribution in [2.75, 3.05) is 6.54 Å². The molecule has 0 bridgehead atoms. The zero-order valence-electron chi connectivity index (χ0n) is 18.5. The largest absolute Gasteiger partial charge is 0.573 e. The van der Waals surface area contributed by atoms with Crippen molar-refractivity contribution in [3.8, 4) is 17.3 Å². The monoisotopic (exact) mass is 499 g/mol.